The Labute approximate surface area is 128 Å². The third-order valence-corrected chi connectivity index (χ3v) is 2.77. The first-order valence-corrected chi connectivity index (χ1v) is 6.92. The van der Waals surface area contributed by atoms with Gasteiger partial charge in [0.05, 0.1) is 18.0 Å². The molecule has 7 heteroatoms. The normalized spacial score (nSPS) is 10.6. The molecule has 1 aromatic carbocycles. The molecule has 0 radical (unpaired) electrons. The number of carbonyl (C=O) groups is 1. The van der Waals surface area contributed by atoms with Crippen LogP contribution in [-0.2, 0) is 13.6 Å². The number of nitrogens with zero attached hydrogens (tertiary/aromatic N) is 2. The molecule has 6 nitrogen and oxygen atoms in total. The molecule has 0 aliphatic rings. The SMILES string of the molecule is CC(C)Oc1ccc(NC(=O)NCc2cnn(C)c2)c(F)c1. The Hall–Kier alpha value is -2.57. The fourth-order valence-electron chi connectivity index (χ4n) is 1.85. The van der Waals surface area contributed by atoms with Crippen molar-refractivity contribution in [3.8, 4) is 5.75 Å². The molecular weight excluding hydrogens is 287 g/mol. The van der Waals surface area contributed by atoms with E-state index >= 15 is 0 Å². The number of nitrogens with one attached hydrogen (secondary N) is 2. The summed E-state index contributed by atoms with van der Waals surface area (Å²) in [5.41, 5.74) is 0.957. The van der Waals surface area contributed by atoms with Gasteiger partial charge >= 0.3 is 6.03 Å². The second-order valence-electron chi connectivity index (χ2n) is 5.14. The molecule has 0 saturated carbocycles. The van der Waals surface area contributed by atoms with Gasteiger partial charge < -0.3 is 15.4 Å². The minimum Gasteiger partial charge on any atom is -0.491 e. The fourth-order valence-corrected chi connectivity index (χ4v) is 1.85. The lowest BCUT2D eigenvalue weighted by atomic mass is 10.3. The number of ether oxygens (including phenoxy) is 1. The molecule has 0 unspecified atom stereocenters. The molecule has 0 spiro atoms. The van der Waals surface area contributed by atoms with Gasteiger partial charge in [0, 0.05) is 31.4 Å². The average molecular weight is 306 g/mol. The van der Waals surface area contributed by atoms with Crippen molar-refractivity contribution in [1.82, 2.24) is 15.1 Å². The Morgan fingerprint density at radius 3 is 2.82 bits per heavy atom. The molecule has 2 aromatic rings. The second-order valence-corrected chi connectivity index (χ2v) is 5.14. The standard InChI is InChI=1S/C15H19FN4O2/c1-10(2)22-12-4-5-14(13(16)6-12)19-15(21)17-7-11-8-18-20(3)9-11/h4-6,8-10H,7H2,1-3H3,(H2,17,19,21). The Morgan fingerprint density at radius 2 is 2.23 bits per heavy atom. The zero-order valence-corrected chi connectivity index (χ0v) is 12.8. The Balaban J connectivity index is 1.90. The van der Waals surface area contributed by atoms with E-state index in [4.69, 9.17) is 4.74 Å². The number of rotatable bonds is 5. The minimum atomic E-state index is -0.547. The van der Waals surface area contributed by atoms with Crippen LogP contribution in [-0.4, -0.2) is 21.9 Å². The van der Waals surface area contributed by atoms with E-state index < -0.39 is 11.8 Å². The van der Waals surface area contributed by atoms with E-state index in [0.717, 1.165) is 5.56 Å². The smallest absolute Gasteiger partial charge is 0.319 e. The Kier molecular flexibility index (Phi) is 4.98. The second kappa shape index (κ2) is 6.93. The van der Waals surface area contributed by atoms with Crippen molar-refractivity contribution in [2.75, 3.05) is 5.32 Å². The van der Waals surface area contributed by atoms with Gasteiger partial charge in [0.25, 0.3) is 0 Å². The molecule has 2 N–H and O–H groups in total. The van der Waals surface area contributed by atoms with Crippen molar-refractivity contribution in [3.05, 3.63) is 42.0 Å². The molecule has 0 fully saturated rings. The fraction of sp³-hybridized carbons (Fsp3) is 0.333. The van der Waals surface area contributed by atoms with Crippen molar-refractivity contribution < 1.29 is 13.9 Å². The number of amides is 2. The molecular formula is C15H19FN4O2. The Bertz CT molecular complexity index is 655. The lowest BCUT2D eigenvalue weighted by Gasteiger charge is -2.12. The van der Waals surface area contributed by atoms with E-state index in [-0.39, 0.29) is 11.8 Å². The number of halogens is 1. The number of hydrogen-bond donors (Lipinski definition) is 2. The largest absolute Gasteiger partial charge is 0.491 e. The Morgan fingerprint density at radius 1 is 1.45 bits per heavy atom. The summed E-state index contributed by atoms with van der Waals surface area (Å²) in [4.78, 5) is 11.8. The lowest BCUT2D eigenvalue weighted by Crippen LogP contribution is -2.28. The zero-order valence-electron chi connectivity index (χ0n) is 12.8. The van der Waals surface area contributed by atoms with E-state index in [2.05, 4.69) is 15.7 Å². The van der Waals surface area contributed by atoms with Crippen LogP contribution in [0.15, 0.2) is 30.6 Å². The monoisotopic (exact) mass is 306 g/mol. The quantitative estimate of drug-likeness (QED) is 0.892. The van der Waals surface area contributed by atoms with Crippen LogP contribution in [0.5, 0.6) is 5.75 Å². The summed E-state index contributed by atoms with van der Waals surface area (Å²) in [6.45, 7) is 4.03. The van der Waals surface area contributed by atoms with Gasteiger partial charge in [0.15, 0.2) is 0 Å². The summed E-state index contributed by atoms with van der Waals surface area (Å²) >= 11 is 0. The van der Waals surface area contributed by atoms with Gasteiger partial charge in [-0.2, -0.15) is 5.10 Å². The number of aromatic nitrogens is 2. The number of benzene rings is 1. The first kappa shape index (κ1) is 15.8. The van der Waals surface area contributed by atoms with Gasteiger partial charge in [0.2, 0.25) is 0 Å². The number of aryl methyl sites for hydroxylation is 1. The molecule has 1 heterocycles. The highest BCUT2D eigenvalue weighted by Crippen LogP contribution is 2.21. The first-order valence-electron chi connectivity index (χ1n) is 6.92. The number of anilines is 1. The molecule has 118 valence electrons. The van der Waals surface area contributed by atoms with Crippen molar-refractivity contribution in [2.45, 2.75) is 26.5 Å². The summed E-state index contributed by atoms with van der Waals surface area (Å²) in [7, 11) is 1.79. The van der Waals surface area contributed by atoms with E-state index in [1.807, 2.05) is 13.8 Å². The van der Waals surface area contributed by atoms with E-state index in [1.165, 1.54) is 12.1 Å². The molecule has 0 aliphatic heterocycles. The van der Waals surface area contributed by atoms with Crippen LogP contribution in [0.3, 0.4) is 0 Å². The summed E-state index contributed by atoms with van der Waals surface area (Å²) in [5, 5.41) is 9.09. The topological polar surface area (TPSA) is 68.2 Å². The van der Waals surface area contributed by atoms with Crippen LogP contribution in [0.2, 0.25) is 0 Å². The van der Waals surface area contributed by atoms with Crippen LogP contribution >= 0.6 is 0 Å². The van der Waals surface area contributed by atoms with Crippen LogP contribution in [0.1, 0.15) is 19.4 Å². The molecule has 0 bridgehead atoms. The maximum absolute atomic E-state index is 13.9. The predicted octanol–water partition coefficient (Wildman–Crippen LogP) is 2.67. The van der Waals surface area contributed by atoms with Crippen molar-refractivity contribution in [3.63, 3.8) is 0 Å². The molecule has 22 heavy (non-hydrogen) atoms. The van der Waals surface area contributed by atoms with Crippen molar-refractivity contribution in [2.24, 2.45) is 7.05 Å². The maximum Gasteiger partial charge on any atom is 0.319 e. The molecule has 2 rings (SSSR count). The van der Waals surface area contributed by atoms with E-state index in [9.17, 15) is 9.18 Å². The average Bonchev–Trinajstić information content (AvgIpc) is 2.85. The summed E-state index contributed by atoms with van der Waals surface area (Å²) in [5.74, 6) is -0.122. The van der Waals surface area contributed by atoms with Crippen molar-refractivity contribution >= 4 is 11.7 Å². The molecule has 0 aliphatic carbocycles. The van der Waals surface area contributed by atoms with Gasteiger partial charge in [-0.1, -0.05) is 0 Å². The van der Waals surface area contributed by atoms with Gasteiger partial charge in [-0.25, -0.2) is 9.18 Å². The van der Waals surface area contributed by atoms with Gasteiger partial charge in [-0.15, -0.1) is 0 Å². The highest BCUT2D eigenvalue weighted by atomic mass is 19.1. The number of carbonyl (C=O) groups excluding carboxylic acids is 1. The van der Waals surface area contributed by atoms with E-state index in [1.54, 1.807) is 30.2 Å². The van der Waals surface area contributed by atoms with Crippen LogP contribution in [0.25, 0.3) is 0 Å². The highest BCUT2D eigenvalue weighted by Gasteiger charge is 2.09. The molecule has 0 saturated heterocycles. The highest BCUT2D eigenvalue weighted by molar-refractivity contribution is 5.89. The first-order chi connectivity index (χ1) is 10.4. The third-order valence-electron chi connectivity index (χ3n) is 2.77. The van der Waals surface area contributed by atoms with Crippen LogP contribution in [0.4, 0.5) is 14.9 Å². The minimum absolute atomic E-state index is 0.0408. The van der Waals surface area contributed by atoms with Gasteiger partial charge in [0.1, 0.15) is 11.6 Å². The van der Waals surface area contributed by atoms with Crippen molar-refractivity contribution in [1.29, 1.82) is 0 Å². The zero-order chi connectivity index (χ0) is 16.1. The molecule has 0 atom stereocenters. The maximum atomic E-state index is 13.9. The lowest BCUT2D eigenvalue weighted by molar-refractivity contribution is 0.241. The summed E-state index contributed by atoms with van der Waals surface area (Å²) < 4.78 is 20.9. The van der Waals surface area contributed by atoms with Gasteiger partial charge in [-0.3, -0.25) is 4.68 Å². The molecule has 1 aromatic heterocycles. The van der Waals surface area contributed by atoms with Gasteiger partial charge in [-0.05, 0) is 26.0 Å². The predicted molar refractivity (Wildman–Crippen MR) is 81.2 cm³/mol. The van der Waals surface area contributed by atoms with Crippen LogP contribution < -0.4 is 15.4 Å². The third kappa shape index (κ3) is 4.47. The summed E-state index contributed by atoms with van der Waals surface area (Å²) in [6.07, 6.45) is 3.40. The summed E-state index contributed by atoms with van der Waals surface area (Å²) in [6, 6.07) is 3.84. The van der Waals surface area contributed by atoms with Crippen LogP contribution in [0, 0.1) is 5.82 Å². The number of urea groups is 1. The van der Waals surface area contributed by atoms with E-state index in [0.29, 0.717) is 12.3 Å². The number of hydrogen-bond acceptors (Lipinski definition) is 3. The molecule has 2 amide bonds.